The first-order valence-electron chi connectivity index (χ1n) is 50.9. The van der Waals surface area contributed by atoms with Crippen LogP contribution in [0.1, 0.15) is 32.9 Å². The van der Waals surface area contributed by atoms with Gasteiger partial charge in [-0.3, -0.25) is 0 Å². The summed E-state index contributed by atoms with van der Waals surface area (Å²) in [5, 5.41) is 11.2. The lowest BCUT2D eigenvalue weighted by atomic mass is 9.84. The second kappa shape index (κ2) is 26.8. The number of rotatable bonds is 6. The monoisotopic (exact) mass is 1550 g/mol. The van der Waals surface area contributed by atoms with Crippen LogP contribution in [0.2, 0.25) is 0 Å². The summed E-state index contributed by atoms with van der Waals surface area (Å²) in [5.74, 6) is 0. The van der Waals surface area contributed by atoms with Crippen LogP contribution in [-0.2, 0) is 0 Å². The molecular formula is C114H66O6. The van der Waals surface area contributed by atoms with Gasteiger partial charge in [-0.1, -0.05) is 315 Å². The lowest BCUT2D eigenvalue weighted by Gasteiger charge is -2.18. The topological polar surface area (TPSA) is 78.8 Å². The van der Waals surface area contributed by atoms with Gasteiger partial charge in [0, 0.05) is 75.8 Å². The summed E-state index contributed by atoms with van der Waals surface area (Å²) < 4.78 is 253. The van der Waals surface area contributed by atoms with Crippen LogP contribution in [0.5, 0.6) is 0 Å². The van der Waals surface area contributed by atoms with Crippen molar-refractivity contribution in [3.8, 4) is 66.8 Å². The van der Waals surface area contributed by atoms with Crippen molar-refractivity contribution in [2.75, 3.05) is 0 Å². The van der Waals surface area contributed by atoms with E-state index in [0.717, 1.165) is 53.9 Å². The van der Waals surface area contributed by atoms with E-state index in [9.17, 15) is 16.4 Å². The molecule has 0 amide bonds. The van der Waals surface area contributed by atoms with Crippen LogP contribution in [0, 0.1) is 0 Å². The summed E-state index contributed by atoms with van der Waals surface area (Å²) in [4.78, 5) is 0. The highest BCUT2D eigenvalue weighted by Gasteiger charge is 2.26. The number of furan rings is 6. The van der Waals surface area contributed by atoms with Crippen LogP contribution in [0.15, 0.2) is 426 Å². The average Bonchev–Trinajstić information content (AvgIpc) is 0.807. The van der Waals surface area contributed by atoms with Crippen LogP contribution in [0.4, 0.5) is 0 Å². The third kappa shape index (κ3) is 10.3. The van der Waals surface area contributed by atoms with Gasteiger partial charge < -0.3 is 26.5 Å². The summed E-state index contributed by atoms with van der Waals surface area (Å²) in [6.45, 7) is 0. The summed E-state index contributed by atoms with van der Waals surface area (Å²) in [7, 11) is 0. The summed E-state index contributed by atoms with van der Waals surface area (Å²) >= 11 is 0. The molecule has 21 aromatic carbocycles. The van der Waals surface area contributed by atoms with Gasteiger partial charge in [0.2, 0.25) is 0 Å². The largest absolute Gasteiger partial charge is 0.456 e. The molecule has 27 aromatic rings. The molecule has 0 bridgehead atoms. The van der Waals surface area contributed by atoms with E-state index in [1.807, 2.05) is 194 Å². The van der Waals surface area contributed by atoms with Crippen LogP contribution < -0.4 is 0 Å². The molecule has 0 saturated heterocycles. The predicted octanol–water partition coefficient (Wildman–Crippen LogP) is 33.4. The van der Waals surface area contributed by atoms with E-state index in [0.29, 0.717) is 128 Å². The summed E-state index contributed by atoms with van der Waals surface area (Å²) in [6.07, 6.45) is 0. The molecule has 0 atom stereocenters. The molecule has 6 aromatic heterocycles. The highest BCUT2D eigenvalue weighted by atomic mass is 16.3. The van der Waals surface area contributed by atoms with Crippen molar-refractivity contribution in [2.45, 2.75) is 0 Å². The van der Waals surface area contributed by atoms with Crippen molar-refractivity contribution in [3.05, 3.63) is 400 Å². The van der Waals surface area contributed by atoms with Crippen molar-refractivity contribution in [3.63, 3.8) is 0 Å². The van der Waals surface area contributed by atoms with E-state index in [1.54, 1.807) is 60.7 Å². The Morgan fingerprint density at radius 3 is 0.692 bits per heavy atom. The minimum Gasteiger partial charge on any atom is -0.456 e. The highest BCUT2D eigenvalue weighted by Crippen LogP contribution is 2.53. The third-order valence-electron chi connectivity index (χ3n) is 23.1. The molecule has 0 aliphatic carbocycles. The van der Waals surface area contributed by atoms with Crippen molar-refractivity contribution in [1.29, 1.82) is 0 Å². The van der Waals surface area contributed by atoms with Crippen molar-refractivity contribution in [2.24, 2.45) is 0 Å². The Morgan fingerprint density at radius 2 is 0.367 bits per heavy atom. The maximum Gasteiger partial charge on any atom is 0.143 e. The smallest absolute Gasteiger partial charge is 0.143 e. The maximum absolute atomic E-state index is 9.33. The molecule has 0 aliphatic rings. The zero-order valence-electron chi connectivity index (χ0n) is 86.7. The number of fused-ring (bicyclic) bond motifs is 24. The van der Waals surface area contributed by atoms with Crippen molar-refractivity contribution in [1.82, 2.24) is 0 Å². The molecule has 6 heterocycles. The lowest BCUT2D eigenvalue weighted by molar-refractivity contribution is 0.668. The molecule has 0 N–H and O–H groups in total. The van der Waals surface area contributed by atoms with E-state index in [-0.39, 0.29) is 154 Å². The van der Waals surface area contributed by atoms with Gasteiger partial charge in [0.1, 0.15) is 67.0 Å². The minimum absolute atomic E-state index is 0.131. The first kappa shape index (κ1) is 47.7. The first-order chi connectivity index (χ1) is 69.5. The molecule has 0 saturated carbocycles. The normalized spacial score (nSPS) is 14.8. The van der Waals surface area contributed by atoms with Crippen LogP contribution in [0.25, 0.3) is 263 Å². The Hall–Kier alpha value is -16.0. The fourth-order valence-corrected chi connectivity index (χ4v) is 18.1. The molecule has 120 heavy (non-hydrogen) atoms. The Kier molecular flexibility index (Phi) is 10.7. The van der Waals surface area contributed by atoms with E-state index in [4.69, 9.17) is 43.0 Å². The van der Waals surface area contributed by atoms with Gasteiger partial charge in [0.15, 0.2) is 0 Å². The molecule has 27 rings (SSSR count). The van der Waals surface area contributed by atoms with Crippen LogP contribution in [-0.4, -0.2) is 0 Å². The van der Waals surface area contributed by atoms with E-state index in [2.05, 4.69) is 0 Å². The zero-order chi connectivity index (χ0) is 99.5. The average molecular weight is 1560 g/mol. The molecule has 558 valence electrons. The molecule has 6 nitrogen and oxygen atoms in total. The second-order valence-electron chi connectivity index (χ2n) is 29.5. The Labute approximate surface area is 719 Å². The molecular weight excluding hydrogens is 1470 g/mol. The van der Waals surface area contributed by atoms with Gasteiger partial charge in [0.25, 0.3) is 0 Å². The highest BCUT2D eigenvalue weighted by molar-refractivity contribution is 6.30. The summed E-state index contributed by atoms with van der Waals surface area (Å²) in [6, 6.07) is 68.6. The number of hydrogen-bond donors (Lipinski definition) is 0. The number of para-hydroxylation sites is 7. The molecule has 0 spiro atoms. The molecule has 0 unspecified atom stereocenters. The molecule has 6 heteroatoms. The fraction of sp³-hybridized carbons (Fsp3) is 0. The minimum atomic E-state index is -0.455. The SMILES string of the molecule is [2H]c1c([2H])c([2H])c2c(-c3ccc4oc5ccccc5c4c3)c3c([2H])c([2H])c([2H])c([2H])c3c(-c3ccc4oc5ccccc5c4c3)c2c1[2H].[2H]c1c([2H])c([2H])c2c(-c3cccc4oc5ccccc5c34)c3c([2H])c([2H])c([2H])c([2H])c3c(-c3ccc4oc5ccccc5c4c3)c2c1[2H].[2H]c1c([2H])c([2H])c2c(-c3cccc4oc5ccccc5c34)c3c([2H])c([2H])c([2H])c([2H])c3c(-c3cccc4c3oc3ccccc34)c2c1[2H]. The van der Waals surface area contributed by atoms with Gasteiger partial charge in [0.05, 0.1) is 32.9 Å². The number of benzene rings is 21. The fourth-order valence-electron chi connectivity index (χ4n) is 18.1. The van der Waals surface area contributed by atoms with Gasteiger partial charge in [-0.25, -0.2) is 0 Å². The third-order valence-corrected chi connectivity index (χ3v) is 23.1. The van der Waals surface area contributed by atoms with E-state index < -0.39 is 72.5 Å². The summed E-state index contributed by atoms with van der Waals surface area (Å²) in [5.41, 5.74) is 12.1. The van der Waals surface area contributed by atoms with E-state index in [1.165, 1.54) is 0 Å². The van der Waals surface area contributed by atoms with E-state index >= 15 is 0 Å². The molecule has 0 radical (unpaired) electrons. The van der Waals surface area contributed by atoms with Crippen LogP contribution in [0.3, 0.4) is 0 Å². The van der Waals surface area contributed by atoms with Crippen molar-refractivity contribution >= 4 is 196 Å². The van der Waals surface area contributed by atoms with Gasteiger partial charge in [-0.05, 0) is 205 Å². The predicted molar refractivity (Wildman–Crippen MR) is 501 cm³/mol. The van der Waals surface area contributed by atoms with Crippen molar-refractivity contribution < 1.29 is 59.4 Å². The lowest BCUT2D eigenvalue weighted by Crippen LogP contribution is -1.91. The Bertz CT molecular complexity index is 10100. The Balaban J connectivity index is 0.000000113. The van der Waals surface area contributed by atoms with Gasteiger partial charge in [-0.15, -0.1) is 0 Å². The standard InChI is InChI=1S/3C38H22O2/c1-3-14-26-24(12-1)35(30-18-10-22-34-37(30)29-16-6-8-21-33(29)39-34)25-13-2-4-15-27(25)36(26)31-19-9-17-28-23-11-5-7-20-32(23)40-38(28)31;1-3-13-27-25(11-1)36(23-20-21-34-31(22-23)24-10-5-7-17-32(24)39-34)26-12-2-4-14-28(26)37(27)30-16-9-19-35-38(30)29-15-6-8-18-33(29)40-35;1-2-12-28-27(11-1)37(23-17-19-35-31(21-23)25-9-5-7-15-33(25)39-35)29-13-3-4-14-30(29)38(28)24-18-20-36-32(22-24)26-10-6-8-16-34(26)40-36/h3*1-22H/i1D,2D,3D,4D,12D,13D,14D,15D;2*1D,2D,3D,4D,11D,12D,13D,14D. The second-order valence-corrected chi connectivity index (χ2v) is 29.5. The molecule has 0 aliphatic heterocycles. The van der Waals surface area contributed by atoms with Gasteiger partial charge in [-0.2, -0.15) is 0 Å². The maximum atomic E-state index is 9.33. The quantitative estimate of drug-likeness (QED) is 0.154. The van der Waals surface area contributed by atoms with Gasteiger partial charge >= 0.3 is 0 Å². The first-order valence-corrected chi connectivity index (χ1v) is 38.9. The Morgan fingerprint density at radius 1 is 0.150 bits per heavy atom. The zero-order valence-corrected chi connectivity index (χ0v) is 62.7. The van der Waals surface area contributed by atoms with Crippen LogP contribution >= 0.6 is 0 Å². The molecule has 0 fully saturated rings. The number of hydrogen-bond acceptors (Lipinski definition) is 6.